The van der Waals surface area contributed by atoms with Gasteiger partial charge < -0.3 is 24.7 Å². The molecule has 0 amide bonds. The van der Waals surface area contributed by atoms with Crippen molar-refractivity contribution < 1.29 is 19.8 Å². The number of carbonyl (C=O) groups excluding carboxylic acids is 2. The zero-order valence-electron chi connectivity index (χ0n) is 11.0. The highest BCUT2D eigenvalue weighted by molar-refractivity contribution is 5.96. The Kier molecular flexibility index (Phi) is 3.17. The molecule has 0 aliphatic carbocycles. The average molecular weight is 285 g/mol. The van der Waals surface area contributed by atoms with Crippen LogP contribution >= 0.6 is 0 Å². The fraction of sp³-hybridized carbons (Fsp3) is 0.286. The standard InChI is InChI=1S/C14H13N3O4/c18-13(19)8-3-4-9-10(6-8)15-7-16-12(9)17-5-1-2-11(17)14(20)21/h3-4,6-7,11H,1-2,5H2,(H,18,19)(H,20,21)/p-2/t11-/m1/s1. The van der Waals surface area contributed by atoms with Gasteiger partial charge in [0.05, 0.1) is 23.5 Å². The lowest BCUT2D eigenvalue weighted by Gasteiger charge is -2.27. The van der Waals surface area contributed by atoms with Crippen LogP contribution in [0.25, 0.3) is 10.9 Å². The second kappa shape index (κ2) is 5.01. The summed E-state index contributed by atoms with van der Waals surface area (Å²) >= 11 is 0. The minimum Gasteiger partial charge on any atom is -0.548 e. The third-order valence-electron chi connectivity index (χ3n) is 3.65. The number of benzene rings is 1. The summed E-state index contributed by atoms with van der Waals surface area (Å²) in [5.41, 5.74) is 0.454. The molecule has 1 atom stereocenters. The van der Waals surface area contributed by atoms with Crippen LogP contribution in [0.5, 0.6) is 0 Å². The van der Waals surface area contributed by atoms with Crippen molar-refractivity contribution in [2.75, 3.05) is 11.4 Å². The highest BCUT2D eigenvalue weighted by Crippen LogP contribution is 2.29. The number of aromatic nitrogens is 2. The van der Waals surface area contributed by atoms with Crippen LogP contribution in [-0.2, 0) is 4.79 Å². The number of rotatable bonds is 3. The Bertz CT molecular complexity index is 731. The smallest absolute Gasteiger partial charge is 0.140 e. The van der Waals surface area contributed by atoms with Crippen LogP contribution in [0.2, 0.25) is 0 Å². The van der Waals surface area contributed by atoms with Crippen LogP contribution in [0.3, 0.4) is 0 Å². The first kappa shape index (κ1) is 13.3. The van der Waals surface area contributed by atoms with Crippen LogP contribution in [0.1, 0.15) is 23.2 Å². The summed E-state index contributed by atoms with van der Waals surface area (Å²) in [5.74, 6) is -1.94. The second-order valence-electron chi connectivity index (χ2n) is 4.89. The molecule has 7 heteroatoms. The van der Waals surface area contributed by atoms with E-state index in [1.165, 1.54) is 18.5 Å². The van der Waals surface area contributed by atoms with Crippen LogP contribution in [-0.4, -0.2) is 34.5 Å². The van der Waals surface area contributed by atoms with E-state index in [-0.39, 0.29) is 5.56 Å². The summed E-state index contributed by atoms with van der Waals surface area (Å²) in [5, 5.41) is 22.7. The summed E-state index contributed by atoms with van der Waals surface area (Å²) in [6.07, 6.45) is 2.54. The van der Waals surface area contributed by atoms with Gasteiger partial charge >= 0.3 is 0 Å². The molecule has 0 spiro atoms. The fourth-order valence-electron chi connectivity index (χ4n) is 2.66. The van der Waals surface area contributed by atoms with Gasteiger partial charge in [0.2, 0.25) is 0 Å². The van der Waals surface area contributed by atoms with Gasteiger partial charge in [-0.25, -0.2) is 9.97 Å². The van der Waals surface area contributed by atoms with Crippen LogP contribution < -0.4 is 15.1 Å². The predicted molar refractivity (Wildman–Crippen MR) is 69.2 cm³/mol. The number of hydrogen-bond donors (Lipinski definition) is 0. The number of hydrogen-bond acceptors (Lipinski definition) is 7. The first-order valence-corrected chi connectivity index (χ1v) is 6.51. The highest BCUT2D eigenvalue weighted by Gasteiger charge is 2.27. The molecule has 1 saturated heterocycles. The molecular formula is C14H11N3O4-2. The quantitative estimate of drug-likeness (QED) is 0.690. The van der Waals surface area contributed by atoms with Crippen LogP contribution in [0.15, 0.2) is 24.5 Å². The molecule has 2 aromatic rings. The molecule has 108 valence electrons. The van der Waals surface area contributed by atoms with Gasteiger partial charge in [-0.3, -0.25) is 0 Å². The van der Waals surface area contributed by atoms with E-state index in [0.717, 1.165) is 6.42 Å². The first-order valence-electron chi connectivity index (χ1n) is 6.51. The Morgan fingerprint density at radius 1 is 1.24 bits per heavy atom. The van der Waals surface area contributed by atoms with Crippen molar-refractivity contribution in [1.82, 2.24) is 9.97 Å². The predicted octanol–water partition coefficient (Wildman–Crippen LogP) is -1.29. The topological polar surface area (TPSA) is 109 Å². The Hall–Kier alpha value is -2.70. The molecule has 1 aromatic carbocycles. The summed E-state index contributed by atoms with van der Waals surface area (Å²) in [4.78, 5) is 31.9. The number of carboxylic acid groups (broad SMARTS) is 2. The number of aromatic carboxylic acids is 1. The van der Waals surface area contributed by atoms with E-state index in [1.807, 2.05) is 0 Å². The summed E-state index contributed by atoms with van der Waals surface area (Å²) in [6, 6.07) is 3.64. The maximum atomic E-state index is 11.2. The van der Waals surface area contributed by atoms with Gasteiger partial charge in [-0.05, 0) is 30.5 Å². The normalized spacial score (nSPS) is 18.1. The molecule has 1 aliphatic rings. The third kappa shape index (κ3) is 2.26. The SMILES string of the molecule is O=C([O-])c1ccc2c(N3CCC[C@@H]3C(=O)[O-])ncnc2c1. The van der Waals surface area contributed by atoms with Gasteiger partial charge in [0.15, 0.2) is 0 Å². The van der Waals surface area contributed by atoms with Crippen molar-refractivity contribution >= 4 is 28.7 Å². The minimum atomic E-state index is -1.29. The maximum Gasteiger partial charge on any atom is 0.140 e. The lowest BCUT2D eigenvalue weighted by molar-refractivity contribution is -0.307. The number of nitrogens with zero attached hydrogens (tertiary/aromatic N) is 3. The van der Waals surface area contributed by atoms with E-state index in [0.29, 0.717) is 29.7 Å². The summed E-state index contributed by atoms with van der Waals surface area (Å²) in [7, 11) is 0. The monoisotopic (exact) mass is 285 g/mol. The van der Waals surface area contributed by atoms with Gasteiger partial charge in [0.1, 0.15) is 12.1 Å². The van der Waals surface area contributed by atoms with Crippen molar-refractivity contribution in [2.45, 2.75) is 18.9 Å². The molecule has 1 aliphatic heterocycles. The molecule has 7 nitrogen and oxygen atoms in total. The first-order chi connectivity index (χ1) is 10.1. The van der Waals surface area contributed by atoms with Gasteiger partial charge in [0.25, 0.3) is 0 Å². The molecular weight excluding hydrogens is 274 g/mol. The van der Waals surface area contributed by atoms with E-state index in [9.17, 15) is 19.8 Å². The van der Waals surface area contributed by atoms with Gasteiger partial charge in [-0.15, -0.1) is 0 Å². The molecule has 1 aromatic heterocycles. The lowest BCUT2D eigenvalue weighted by Crippen LogP contribution is -2.44. The van der Waals surface area contributed by atoms with E-state index < -0.39 is 18.0 Å². The number of anilines is 1. The lowest BCUT2D eigenvalue weighted by atomic mass is 10.1. The van der Waals surface area contributed by atoms with Crippen LogP contribution in [0, 0.1) is 0 Å². The maximum absolute atomic E-state index is 11.2. The number of carbonyl (C=O) groups is 2. The molecule has 0 bridgehead atoms. The van der Waals surface area contributed by atoms with Crippen molar-refractivity contribution in [2.24, 2.45) is 0 Å². The Morgan fingerprint density at radius 2 is 2.05 bits per heavy atom. The van der Waals surface area contributed by atoms with Crippen molar-refractivity contribution in [3.8, 4) is 0 Å². The van der Waals surface area contributed by atoms with E-state index in [4.69, 9.17) is 0 Å². The Balaban J connectivity index is 2.11. The van der Waals surface area contributed by atoms with E-state index in [2.05, 4.69) is 9.97 Å². The number of carboxylic acids is 2. The largest absolute Gasteiger partial charge is 0.548 e. The molecule has 3 rings (SSSR count). The molecule has 1 fully saturated rings. The Morgan fingerprint density at radius 3 is 2.76 bits per heavy atom. The third-order valence-corrected chi connectivity index (χ3v) is 3.65. The average Bonchev–Trinajstić information content (AvgIpc) is 2.95. The van der Waals surface area contributed by atoms with E-state index in [1.54, 1.807) is 11.0 Å². The molecule has 0 radical (unpaired) electrons. The Labute approximate surface area is 119 Å². The minimum absolute atomic E-state index is 0.0185. The van der Waals surface area contributed by atoms with E-state index >= 15 is 0 Å². The summed E-state index contributed by atoms with van der Waals surface area (Å²) < 4.78 is 0. The van der Waals surface area contributed by atoms with Crippen molar-refractivity contribution in [3.05, 3.63) is 30.1 Å². The van der Waals surface area contributed by atoms with Crippen molar-refractivity contribution in [1.29, 1.82) is 0 Å². The van der Waals surface area contributed by atoms with Crippen LogP contribution in [0.4, 0.5) is 5.82 Å². The molecule has 0 saturated carbocycles. The summed E-state index contributed by atoms with van der Waals surface area (Å²) in [6.45, 7) is 0.562. The fourth-order valence-corrected chi connectivity index (χ4v) is 2.66. The zero-order chi connectivity index (χ0) is 15.0. The van der Waals surface area contributed by atoms with Gasteiger partial charge in [-0.1, -0.05) is 6.07 Å². The zero-order valence-corrected chi connectivity index (χ0v) is 11.0. The molecule has 2 heterocycles. The van der Waals surface area contributed by atoms with Gasteiger partial charge in [0, 0.05) is 11.9 Å². The number of aliphatic carboxylic acids is 1. The van der Waals surface area contributed by atoms with Gasteiger partial charge in [-0.2, -0.15) is 0 Å². The second-order valence-corrected chi connectivity index (χ2v) is 4.89. The molecule has 21 heavy (non-hydrogen) atoms. The highest BCUT2D eigenvalue weighted by atomic mass is 16.4. The molecule has 0 N–H and O–H groups in total. The van der Waals surface area contributed by atoms with Crippen molar-refractivity contribution in [3.63, 3.8) is 0 Å². The number of fused-ring (bicyclic) bond motifs is 1. The molecule has 0 unspecified atom stereocenters.